The SMILES string of the molecule is C1CCN2CN3CCCC[C@H]3C[C@H]2C1. The second-order valence-electron chi connectivity index (χ2n) is 5.30. The smallest absolute Gasteiger partial charge is 0.0511 e. The molecular formula is C12H22N2. The molecule has 0 N–H and O–H groups in total. The largest absolute Gasteiger partial charge is 0.287 e. The van der Waals surface area contributed by atoms with E-state index in [1.54, 1.807) is 0 Å². The van der Waals surface area contributed by atoms with Gasteiger partial charge in [0.1, 0.15) is 0 Å². The average molecular weight is 194 g/mol. The van der Waals surface area contributed by atoms with Gasteiger partial charge in [-0.05, 0) is 45.2 Å². The third-order valence-electron chi connectivity index (χ3n) is 4.41. The van der Waals surface area contributed by atoms with Crippen molar-refractivity contribution in [2.45, 2.75) is 57.0 Å². The Morgan fingerprint density at radius 2 is 1.29 bits per heavy atom. The minimum absolute atomic E-state index is 0.947. The summed E-state index contributed by atoms with van der Waals surface area (Å²) in [6, 6.07) is 1.89. The van der Waals surface area contributed by atoms with Gasteiger partial charge in [0.15, 0.2) is 0 Å². The van der Waals surface area contributed by atoms with Crippen LogP contribution in [0.2, 0.25) is 0 Å². The van der Waals surface area contributed by atoms with Gasteiger partial charge in [0.25, 0.3) is 0 Å². The molecule has 0 aromatic carbocycles. The van der Waals surface area contributed by atoms with Crippen LogP contribution in [0.25, 0.3) is 0 Å². The number of rotatable bonds is 0. The molecule has 3 aliphatic heterocycles. The van der Waals surface area contributed by atoms with E-state index in [-0.39, 0.29) is 0 Å². The van der Waals surface area contributed by atoms with Gasteiger partial charge in [-0.2, -0.15) is 0 Å². The van der Waals surface area contributed by atoms with Gasteiger partial charge in [-0.15, -0.1) is 0 Å². The summed E-state index contributed by atoms with van der Waals surface area (Å²) in [4.78, 5) is 5.48. The molecule has 2 heteroatoms. The minimum Gasteiger partial charge on any atom is -0.287 e. The molecule has 3 aliphatic rings. The van der Waals surface area contributed by atoms with Crippen LogP contribution < -0.4 is 0 Å². The monoisotopic (exact) mass is 194 g/mol. The molecule has 0 aromatic rings. The Bertz CT molecular complexity index is 162. The first-order valence-corrected chi connectivity index (χ1v) is 6.41. The summed E-state index contributed by atoms with van der Waals surface area (Å²) in [5.74, 6) is 0. The van der Waals surface area contributed by atoms with Gasteiger partial charge in [0, 0.05) is 12.1 Å². The molecule has 0 bridgehead atoms. The zero-order chi connectivity index (χ0) is 9.38. The predicted octanol–water partition coefficient (Wildman–Crippen LogP) is 2.06. The summed E-state index contributed by atoms with van der Waals surface area (Å²) in [6.45, 7) is 4.02. The third kappa shape index (κ3) is 1.59. The molecule has 3 saturated heterocycles. The first-order chi connectivity index (χ1) is 6.93. The summed E-state index contributed by atoms with van der Waals surface area (Å²) in [5.41, 5.74) is 0. The summed E-state index contributed by atoms with van der Waals surface area (Å²) in [6.07, 6.45) is 10.3. The predicted molar refractivity (Wildman–Crippen MR) is 58.2 cm³/mol. The number of hydrogen-bond acceptors (Lipinski definition) is 2. The van der Waals surface area contributed by atoms with Gasteiger partial charge in [-0.25, -0.2) is 0 Å². The molecular weight excluding hydrogens is 172 g/mol. The highest BCUT2D eigenvalue weighted by Gasteiger charge is 2.35. The van der Waals surface area contributed by atoms with Crippen molar-refractivity contribution >= 4 is 0 Å². The van der Waals surface area contributed by atoms with E-state index in [0.29, 0.717) is 0 Å². The maximum atomic E-state index is 2.74. The lowest BCUT2D eigenvalue weighted by molar-refractivity contribution is -0.0336. The molecule has 14 heavy (non-hydrogen) atoms. The standard InChI is InChI=1S/C12H22N2/c1-3-7-13-10-14-8-4-2-6-12(14)9-11(13)5-1/h11-12H,1-10H2/t11-,12+. The van der Waals surface area contributed by atoms with Crippen LogP contribution >= 0.6 is 0 Å². The Kier molecular flexibility index (Phi) is 2.50. The van der Waals surface area contributed by atoms with Crippen LogP contribution in [0.3, 0.4) is 0 Å². The lowest BCUT2D eigenvalue weighted by Crippen LogP contribution is -2.57. The highest BCUT2D eigenvalue weighted by atomic mass is 15.4. The van der Waals surface area contributed by atoms with Crippen molar-refractivity contribution in [3.05, 3.63) is 0 Å². The van der Waals surface area contributed by atoms with E-state index in [0.717, 1.165) is 12.1 Å². The molecule has 0 amide bonds. The van der Waals surface area contributed by atoms with Crippen LogP contribution in [-0.2, 0) is 0 Å². The van der Waals surface area contributed by atoms with Crippen molar-refractivity contribution in [3.8, 4) is 0 Å². The third-order valence-corrected chi connectivity index (χ3v) is 4.41. The highest BCUT2D eigenvalue weighted by molar-refractivity contribution is 4.90. The second kappa shape index (κ2) is 3.82. The van der Waals surface area contributed by atoms with E-state index in [9.17, 15) is 0 Å². The molecule has 0 spiro atoms. The molecule has 0 unspecified atom stereocenters. The second-order valence-corrected chi connectivity index (χ2v) is 5.30. The zero-order valence-electron chi connectivity index (χ0n) is 9.12. The van der Waals surface area contributed by atoms with Crippen LogP contribution in [0, 0.1) is 0 Å². The van der Waals surface area contributed by atoms with Crippen molar-refractivity contribution < 1.29 is 0 Å². The molecule has 0 aliphatic carbocycles. The van der Waals surface area contributed by atoms with Gasteiger partial charge >= 0.3 is 0 Å². The Morgan fingerprint density at radius 3 is 1.86 bits per heavy atom. The lowest BCUT2D eigenvalue weighted by atomic mass is 9.89. The van der Waals surface area contributed by atoms with Gasteiger partial charge in [0.2, 0.25) is 0 Å². The minimum atomic E-state index is 0.947. The van der Waals surface area contributed by atoms with Crippen LogP contribution in [0.1, 0.15) is 44.9 Å². The molecule has 0 aromatic heterocycles. The molecule has 2 atom stereocenters. The molecule has 2 nitrogen and oxygen atoms in total. The molecule has 80 valence electrons. The van der Waals surface area contributed by atoms with E-state index < -0.39 is 0 Å². The lowest BCUT2D eigenvalue weighted by Gasteiger charge is -2.50. The number of nitrogens with zero attached hydrogens (tertiary/aromatic N) is 2. The van der Waals surface area contributed by atoms with Gasteiger partial charge in [0.05, 0.1) is 6.67 Å². The van der Waals surface area contributed by atoms with E-state index in [2.05, 4.69) is 9.80 Å². The summed E-state index contributed by atoms with van der Waals surface area (Å²) in [5, 5.41) is 0. The highest BCUT2D eigenvalue weighted by Crippen LogP contribution is 2.31. The number of piperidine rings is 2. The molecule has 0 radical (unpaired) electrons. The zero-order valence-corrected chi connectivity index (χ0v) is 9.12. The summed E-state index contributed by atoms with van der Waals surface area (Å²) in [7, 11) is 0. The first-order valence-electron chi connectivity index (χ1n) is 6.41. The molecule has 3 fully saturated rings. The van der Waals surface area contributed by atoms with Crippen molar-refractivity contribution in [1.29, 1.82) is 0 Å². The van der Waals surface area contributed by atoms with E-state index in [1.807, 2.05) is 0 Å². The van der Waals surface area contributed by atoms with Crippen LogP contribution in [0.15, 0.2) is 0 Å². The summed E-state index contributed by atoms with van der Waals surface area (Å²) >= 11 is 0. The number of hydrogen-bond donors (Lipinski definition) is 0. The fourth-order valence-corrected chi connectivity index (χ4v) is 3.57. The van der Waals surface area contributed by atoms with E-state index in [1.165, 1.54) is 64.7 Å². The summed E-state index contributed by atoms with van der Waals surface area (Å²) < 4.78 is 0. The molecule has 0 saturated carbocycles. The van der Waals surface area contributed by atoms with Gasteiger partial charge in [-0.3, -0.25) is 9.80 Å². The van der Waals surface area contributed by atoms with Crippen LogP contribution in [0.5, 0.6) is 0 Å². The Morgan fingerprint density at radius 1 is 0.714 bits per heavy atom. The molecule has 3 rings (SSSR count). The normalized spacial score (nSPS) is 40.3. The quantitative estimate of drug-likeness (QED) is 0.582. The van der Waals surface area contributed by atoms with Crippen molar-refractivity contribution in [1.82, 2.24) is 9.80 Å². The average Bonchev–Trinajstić information content (AvgIpc) is 2.26. The first kappa shape index (κ1) is 9.17. The van der Waals surface area contributed by atoms with Gasteiger partial charge < -0.3 is 0 Å². The maximum Gasteiger partial charge on any atom is 0.0511 e. The fraction of sp³-hybridized carbons (Fsp3) is 1.00. The number of fused-ring (bicyclic) bond motifs is 2. The Hall–Kier alpha value is -0.0800. The van der Waals surface area contributed by atoms with Crippen molar-refractivity contribution in [2.75, 3.05) is 19.8 Å². The topological polar surface area (TPSA) is 6.48 Å². The van der Waals surface area contributed by atoms with E-state index >= 15 is 0 Å². The van der Waals surface area contributed by atoms with Crippen molar-refractivity contribution in [3.63, 3.8) is 0 Å². The van der Waals surface area contributed by atoms with Crippen LogP contribution in [-0.4, -0.2) is 41.6 Å². The Balaban J connectivity index is 1.68. The van der Waals surface area contributed by atoms with E-state index in [4.69, 9.17) is 0 Å². The Labute approximate surface area is 87.3 Å². The maximum absolute atomic E-state index is 2.74. The fourth-order valence-electron chi connectivity index (χ4n) is 3.57. The van der Waals surface area contributed by atoms with Crippen LogP contribution in [0.4, 0.5) is 0 Å². The van der Waals surface area contributed by atoms with Crippen molar-refractivity contribution in [2.24, 2.45) is 0 Å². The van der Waals surface area contributed by atoms with Gasteiger partial charge in [-0.1, -0.05) is 12.8 Å². The molecule has 3 heterocycles.